The molecule has 0 aliphatic carbocycles. The summed E-state index contributed by atoms with van der Waals surface area (Å²) in [6.07, 6.45) is 6.51. The molecular formula is C9H10N4O. The third-order valence-corrected chi connectivity index (χ3v) is 1.37. The molecule has 0 saturated heterocycles. The molecule has 0 bridgehead atoms. The van der Waals surface area contributed by atoms with Gasteiger partial charge in [-0.25, -0.2) is 0 Å². The van der Waals surface area contributed by atoms with Gasteiger partial charge in [0.25, 0.3) is 0 Å². The number of carbonyl (C=O) groups excluding carboxylic acids is 1. The predicted octanol–water partition coefficient (Wildman–Crippen LogP) is 0.590. The molecule has 1 amide bonds. The first-order chi connectivity index (χ1) is 6.80. The van der Waals surface area contributed by atoms with Crippen molar-refractivity contribution in [2.75, 3.05) is 0 Å². The number of nitrogens with zero attached hydrogens (tertiary/aromatic N) is 2. The minimum absolute atomic E-state index is 0.419. The zero-order valence-electron chi connectivity index (χ0n) is 7.42. The van der Waals surface area contributed by atoms with E-state index < -0.39 is 5.91 Å². The minimum atomic E-state index is -0.419. The van der Waals surface area contributed by atoms with Gasteiger partial charge in [0, 0.05) is 30.4 Å². The van der Waals surface area contributed by atoms with Crippen LogP contribution in [0.4, 0.5) is 0 Å². The highest BCUT2D eigenvalue weighted by molar-refractivity contribution is 5.92. The summed E-state index contributed by atoms with van der Waals surface area (Å²) in [6.45, 7) is 0. The van der Waals surface area contributed by atoms with Crippen LogP contribution in [0.1, 0.15) is 10.4 Å². The molecule has 3 N–H and O–H groups in total. The standard InChI is InChI=1S/C6H6N2O.C3H4N2/c7-6(9)5-1-3-8-4-2-5;1-2-4-5-3-1/h1-4H,(H2,7,9);1-3H,(H,4,5). The van der Waals surface area contributed by atoms with E-state index in [4.69, 9.17) is 5.73 Å². The number of carbonyl (C=O) groups is 1. The number of aromatic nitrogens is 3. The molecule has 2 heterocycles. The first kappa shape index (κ1) is 9.91. The fourth-order valence-corrected chi connectivity index (χ4v) is 0.731. The van der Waals surface area contributed by atoms with E-state index in [1.165, 1.54) is 12.4 Å². The molecule has 0 fully saturated rings. The number of rotatable bonds is 1. The van der Waals surface area contributed by atoms with E-state index in [0.717, 1.165) is 0 Å². The van der Waals surface area contributed by atoms with Crippen molar-refractivity contribution in [2.24, 2.45) is 5.73 Å². The lowest BCUT2D eigenvalue weighted by Crippen LogP contribution is -2.10. The summed E-state index contributed by atoms with van der Waals surface area (Å²) in [5, 5.41) is 6.21. The lowest BCUT2D eigenvalue weighted by Gasteiger charge is -1.88. The summed E-state index contributed by atoms with van der Waals surface area (Å²) in [7, 11) is 0. The van der Waals surface area contributed by atoms with Crippen LogP contribution in [0, 0.1) is 0 Å². The van der Waals surface area contributed by atoms with Gasteiger partial charge in [-0.15, -0.1) is 0 Å². The van der Waals surface area contributed by atoms with Crippen molar-refractivity contribution in [3.05, 3.63) is 48.5 Å². The predicted molar refractivity (Wildman–Crippen MR) is 51.3 cm³/mol. The molecular weight excluding hydrogens is 180 g/mol. The van der Waals surface area contributed by atoms with Gasteiger partial charge in [0.15, 0.2) is 0 Å². The molecule has 0 spiro atoms. The van der Waals surface area contributed by atoms with Crippen molar-refractivity contribution < 1.29 is 4.79 Å². The van der Waals surface area contributed by atoms with Gasteiger partial charge in [-0.3, -0.25) is 14.9 Å². The Kier molecular flexibility index (Phi) is 3.87. The van der Waals surface area contributed by atoms with Crippen LogP contribution in [0.2, 0.25) is 0 Å². The van der Waals surface area contributed by atoms with Crippen molar-refractivity contribution >= 4 is 5.91 Å². The second-order valence-corrected chi connectivity index (χ2v) is 2.37. The van der Waals surface area contributed by atoms with Crippen LogP contribution in [0.25, 0.3) is 0 Å². The zero-order chi connectivity index (χ0) is 10.2. The van der Waals surface area contributed by atoms with Gasteiger partial charge in [0.2, 0.25) is 5.91 Å². The number of hydrogen-bond acceptors (Lipinski definition) is 3. The van der Waals surface area contributed by atoms with E-state index in [0.29, 0.717) is 5.56 Å². The SMILES string of the molecule is NC(=O)c1ccncc1.c1cn[nH]c1. The Hall–Kier alpha value is -2.17. The average molecular weight is 190 g/mol. The number of H-pyrrole nitrogens is 1. The van der Waals surface area contributed by atoms with Crippen LogP contribution >= 0.6 is 0 Å². The molecule has 5 nitrogen and oxygen atoms in total. The number of primary amides is 1. The van der Waals surface area contributed by atoms with Crippen molar-refractivity contribution in [2.45, 2.75) is 0 Å². The van der Waals surface area contributed by atoms with Crippen LogP contribution in [-0.2, 0) is 0 Å². The number of nitrogens with two attached hydrogens (primary N) is 1. The molecule has 2 aromatic rings. The quantitative estimate of drug-likeness (QED) is 0.690. The number of nitrogens with one attached hydrogen (secondary N) is 1. The van der Waals surface area contributed by atoms with Crippen LogP contribution in [0.15, 0.2) is 43.0 Å². The molecule has 0 aliphatic rings. The zero-order valence-corrected chi connectivity index (χ0v) is 7.42. The summed E-state index contributed by atoms with van der Waals surface area (Å²) in [5.74, 6) is -0.419. The van der Waals surface area contributed by atoms with Gasteiger partial charge in [-0.2, -0.15) is 5.10 Å². The lowest BCUT2D eigenvalue weighted by molar-refractivity contribution is 0.1000. The van der Waals surface area contributed by atoms with Crippen molar-refractivity contribution in [1.29, 1.82) is 0 Å². The smallest absolute Gasteiger partial charge is 0.248 e. The first-order valence-electron chi connectivity index (χ1n) is 3.94. The Morgan fingerprint density at radius 2 is 2.00 bits per heavy atom. The third-order valence-electron chi connectivity index (χ3n) is 1.37. The molecule has 14 heavy (non-hydrogen) atoms. The van der Waals surface area contributed by atoms with Gasteiger partial charge in [-0.05, 0) is 18.2 Å². The second kappa shape index (κ2) is 5.47. The molecule has 0 aromatic carbocycles. The van der Waals surface area contributed by atoms with E-state index >= 15 is 0 Å². The highest BCUT2D eigenvalue weighted by atomic mass is 16.1. The number of amides is 1. The number of aromatic amines is 1. The maximum Gasteiger partial charge on any atom is 0.248 e. The average Bonchev–Trinajstić information content (AvgIpc) is 2.77. The molecule has 0 aliphatic heterocycles. The Morgan fingerprint density at radius 1 is 1.29 bits per heavy atom. The Balaban J connectivity index is 0.000000165. The normalized spacial score (nSPS) is 8.57. The summed E-state index contributed by atoms with van der Waals surface area (Å²) in [6, 6.07) is 4.98. The maximum atomic E-state index is 10.4. The minimum Gasteiger partial charge on any atom is -0.366 e. The topological polar surface area (TPSA) is 84.7 Å². The van der Waals surface area contributed by atoms with Gasteiger partial charge < -0.3 is 5.73 Å². The van der Waals surface area contributed by atoms with Crippen LogP contribution in [-0.4, -0.2) is 21.1 Å². The van der Waals surface area contributed by atoms with Gasteiger partial charge in [0.1, 0.15) is 0 Å². The van der Waals surface area contributed by atoms with Gasteiger partial charge >= 0.3 is 0 Å². The summed E-state index contributed by atoms with van der Waals surface area (Å²) < 4.78 is 0. The van der Waals surface area contributed by atoms with Crippen molar-refractivity contribution in [1.82, 2.24) is 15.2 Å². The first-order valence-corrected chi connectivity index (χ1v) is 3.94. The Labute approximate surface area is 81.0 Å². The molecule has 0 saturated carbocycles. The molecule has 5 heteroatoms. The highest BCUT2D eigenvalue weighted by Gasteiger charge is 1.94. The fourth-order valence-electron chi connectivity index (χ4n) is 0.731. The summed E-state index contributed by atoms with van der Waals surface area (Å²) in [4.78, 5) is 14.1. The van der Waals surface area contributed by atoms with Crippen LogP contribution in [0.3, 0.4) is 0 Å². The fraction of sp³-hybridized carbons (Fsp3) is 0. The van der Waals surface area contributed by atoms with Crippen LogP contribution < -0.4 is 5.73 Å². The molecule has 0 radical (unpaired) electrons. The van der Waals surface area contributed by atoms with Crippen molar-refractivity contribution in [3.8, 4) is 0 Å². The maximum absolute atomic E-state index is 10.4. The van der Waals surface area contributed by atoms with E-state index in [9.17, 15) is 4.79 Å². The van der Waals surface area contributed by atoms with Crippen molar-refractivity contribution in [3.63, 3.8) is 0 Å². The Morgan fingerprint density at radius 3 is 2.29 bits per heavy atom. The van der Waals surface area contributed by atoms with E-state index in [-0.39, 0.29) is 0 Å². The van der Waals surface area contributed by atoms with E-state index in [2.05, 4.69) is 15.2 Å². The molecule has 2 rings (SSSR count). The molecule has 0 unspecified atom stereocenters. The number of pyridine rings is 1. The summed E-state index contributed by atoms with van der Waals surface area (Å²) >= 11 is 0. The van der Waals surface area contributed by atoms with E-state index in [1.807, 2.05) is 6.07 Å². The van der Waals surface area contributed by atoms with Gasteiger partial charge in [0.05, 0.1) is 0 Å². The second-order valence-electron chi connectivity index (χ2n) is 2.37. The summed E-state index contributed by atoms with van der Waals surface area (Å²) in [5.41, 5.74) is 5.44. The van der Waals surface area contributed by atoms with E-state index in [1.54, 1.807) is 24.5 Å². The molecule has 0 atom stereocenters. The third kappa shape index (κ3) is 3.48. The van der Waals surface area contributed by atoms with Crippen LogP contribution in [0.5, 0.6) is 0 Å². The lowest BCUT2D eigenvalue weighted by atomic mass is 10.3. The molecule has 72 valence electrons. The Bertz CT molecular complexity index is 340. The monoisotopic (exact) mass is 190 g/mol. The highest BCUT2D eigenvalue weighted by Crippen LogP contribution is 1.91. The largest absolute Gasteiger partial charge is 0.366 e. The molecule has 2 aromatic heterocycles. The van der Waals surface area contributed by atoms with Gasteiger partial charge in [-0.1, -0.05) is 0 Å². The number of hydrogen-bond donors (Lipinski definition) is 2.